The quantitative estimate of drug-likeness (QED) is 0.615. The molecule has 2 heterocycles. The molecule has 0 unspecified atom stereocenters. The molecule has 4 N–H and O–H groups in total. The maximum Gasteiger partial charge on any atom is 0.126 e. The van der Waals surface area contributed by atoms with E-state index in [9.17, 15) is 0 Å². The Bertz CT molecular complexity index is 263. The topological polar surface area (TPSA) is 63.0 Å². The van der Waals surface area contributed by atoms with E-state index in [4.69, 9.17) is 5.73 Å². The van der Waals surface area contributed by atoms with Crippen LogP contribution in [0, 0.1) is 0 Å². The van der Waals surface area contributed by atoms with E-state index in [-0.39, 0.29) is 0 Å². The highest BCUT2D eigenvalue weighted by Crippen LogP contribution is 2.09. The van der Waals surface area contributed by atoms with Crippen LogP contribution in [0.15, 0.2) is 18.3 Å². The minimum Gasteiger partial charge on any atom is -0.397 e. The third kappa shape index (κ3) is 2.09. The summed E-state index contributed by atoms with van der Waals surface area (Å²) in [4.78, 5) is 4.18. The molecule has 0 aliphatic carbocycles. The second kappa shape index (κ2) is 3.62. The molecule has 1 aliphatic rings. The van der Waals surface area contributed by atoms with Crippen LogP contribution < -0.4 is 16.4 Å². The highest BCUT2D eigenvalue weighted by Gasteiger charge is 2.13. The third-order valence-electron chi connectivity index (χ3n) is 2.20. The lowest BCUT2D eigenvalue weighted by Crippen LogP contribution is -2.22. The van der Waals surface area contributed by atoms with Gasteiger partial charge in [0.05, 0.1) is 11.9 Å². The van der Waals surface area contributed by atoms with Crippen molar-refractivity contribution in [3.05, 3.63) is 18.3 Å². The van der Waals surface area contributed by atoms with Gasteiger partial charge >= 0.3 is 0 Å². The summed E-state index contributed by atoms with van der Waals surface area (Å²) in [5, 5.41) is 6.63. The minimum atomic E-state index is 0.510. The Hall–Kier alpha value is -1.29. The summed E-state index contributed by atoms with van der Waals surface area (Å²) < 4.78 is 0. The Kier molecular flexibility index (Phi) is 2.31. The average molecular weight is 178 g/mol. The van der Waals surface area contributed by atoms with Crippen LogP contribution in [-0.4, -0.2) is 24.1 Å². The normalized spacial score (nSPS) is 21.7. The predicted octanol–water partition coefficient (Wildman–Crippen LogP) is 0.438. The van der Waals surface area contributed by atoms with Crippen molar-refractivity contribution in [2.24, 2.45) is 0 Å². The van der Waals surface area contributed by atoms with Gasteiger partial charge in [0.2, 0.25) is 0 Å². The van der Waals surface area contributed by atoms with Crippen molar-refractivity contribution < 1.29 is 0 Å². The highest BCUT2D eigenvalue weighted by atomic mass is 15.1. The molecule has 0 spiro atoms. The summed E-state index contributed by atoms with van der Waals surface area (Å²) in [6.07, 6.45) is 2.83. The molecule has 0 aromatic carbocycles. The van der Waals surface area contributed by atoms with Gasteiger partial charge in [0, 0.05) is 12.6 Å². The molecule has 13 heavy (non-hydrogen) atoms. The van der Waals surface area contributed by atoms with Gasteiger partial charge in [-0.3, -0.25) is 0 Å². The molecule has 1 aliphatic heterocycles. The number of aromatic nitrogens is 1. The first kappa shape index (κ1) is 8.31. The SMILES string of the molecule is Nc1ccc(N[C@H]2CCNC2)nc1. The van der Waals surface area contributed by atoms with E-state index in [1.807, 2.05) is 12.1 Å². The lowest BCUT2D eigenvalue weighted by molar-refractivity contribution is 0.788. The van der Waals surface area contributed by atoms with Crippen molar-refractivity contribution >= 4 is 11.5 Å². The van der Waals surface area contributed by atoms with Crippen LogP contribution in [0.25, 0.3) is 0 Å². The van der Waals surface area contributed by atoms with Gasteiger partial charge in [-0.1, -0.05) is 0 Å². The van der Waals surface area contributed by atoms with Gasteiger partial charge < -0.3 is 16.4 Å². The summed E-state index contributed by atoms with van der Waals surface area (Å²) in [6.45, 7) is 2.11. The fourth-order valence-corrected chi connectivity index (χ4v) is 1.48. The predicted molar refractivity (Wildman–Crippen MR) is 53.5 cm³/mol. The van der Waals surface area contributed by atoms with E-state index in [0.29, 0.717) is 11.7 Å². The molecule has 1 aromatic heterocycles. The molecule has 4 heteroatoms. The Morgan fingerprint density at radius 2 is 2.46 bits per heavy atom. The van der Waals surface area contributed by atoms with Crippen molar-refractivity contribution in [2.45, 2.75) is 12.5 Å². The third-order valence-corrected chi connectivity index (χ3v) is 2.20. The van der Waals surface area contributed by atoms with Crippen molar-refractivity contribution in [1.29, 1.82) is 0 Å². The molecule has 1 aromatic rings. The van der Waals surface area contributed by atoms with Crippen LogP contribution in [0.1, 0.15) is 6.42 Å². The number of nitrogen functional groups attached to an aromatic ring is 1. The first-order valence-corrected chi connectivity index (χ1v) is 4.53. The number of rotatable bonds is 2. The van der Waals surface area contributed by atoms with Crippen LogP contribution >= 0.6 is 0 Å². The van der Waals surface area contributed by atoms with Crippen LogP contribution in [0.2, 0.25) is 0 Å². The number of anilines is 2. The minimum absolute atomic E-state index is 0.510. The van der Waals surface area contributed by atoms with E-state index < -0.39 is 0 Å². The van der Waals surface area contributed by atoms with E-state index in [1.165, 1.54) is 0 Å². The molecule has 1 fully saturated rings. The lowest BCUT2D eigenvalue weighted by atomic mass is 10.2. The molecule has 2 rings (SSSR count). The molecule has 0 bridgehead atoms. The maximum absolute atomic E-state index is 5.53. The van der Waals surface area contributed by atoms with E-state index in [0.717, 1.165) is 25.3 Å². The number of pyridine rings is 1. The molecular weight excluding hydrogens is 164 g/mol. The summed E-state index contributed by atoms with van der Waals surface area (Å²) in [5.74, 6) is 0.905. The standard InChI is InChI=1S/C9H14N4/c10-7-1-2-9(12-5-7)13-8-3-4-11-6-8/h1-2,5,8,11H,3-4,6,10H2,(H,12,13)/t8-/m0/s1. The molecule has 1 saturated heterocycles. The molecule has 70 valence electrons. The van der Waals surface area contributed by atoms with Gasteiger partial charge in [-0.2, -0.15) is 0 Å². The van der Waals surface area contributed by atoms with Gasteiger partial charge in [-0.15, -0.1) is 0 Å². The van der Waals surface area contributed by atoms with Gasteiger partial charge in [0.25, 0.3) is 0 Å². The number of nitrogens with two attached hydrogens (primary N) is 1. The smallest absolute Gasteiger partial charge is 0.126 e. The second-order valence-corrected chi connectivity index (χ2v) is 3.31. The zero-order chi connectivity index (χ0) is 9.10. The summed E-state index contributed by atoms with van der Waals surface area (Å²) >= 11 is 0. The number of nitrogens with one attached hydrogen (secondary N) is 2. The Morgan fingerprint density at radius 1 is 1.54 bits per heavy atom. The zero-order valence-corrected chi connectivity index (χ0v) is 7.46. The van der Waals surface area contributed by atoms with Gasteiger partial charge in [-0.05, 0) is 25.1 Å². The molecule has 0 saturated carbocycles. The van der Waals surface area contributed by atoms with Gasteiger partial charge in [0.15, 0.2) is 0 Å². The van der Waals surface area contributed by atoms with Gasteiger partial charge in [0.1, 0.15) is 5.82 Å². The van der Waals surface area contributed by atoms with Crippen LogP contribution in [0.5, 0.6) is 0 Å². The number of hydrogen-bond acceptors (Lipinski definition) is 4. The number of hydrogen-bond donors (Lipinski definition) is 3. The summed E-state index contributed by atoms with van der Waals surface area (Å²) in [5.41, 5.74) is 6.24. The fraction of sp³-hybridized carbons (Fsp3) is 0.444. The van der Waals surface area contributed by atoms with Crippen molar-refractivity contribution in [1.82, 2.24) is 10.3 Å². The fourth-order valence-electron chi connectivity index (χ4n) is 1.48. The van der Waals surface area contributed by atoms with E-state index >= 15 is 0 Å². The van der Waals surface area contributed by atoms with Crippen LogP contribution in [0.4, 0.5) is 11.5 Å². The van der Waals surface area contributed by atoms with Crippen LogP contribution in [-0.2, 0) is 0 Å². The maximum atomic E-state index is 5.53. The second-order valence-electron chi connectivity index (χ2n) is 3.31. The molecular formula is C9H14N4. The number of nitrogens with zero attached hydrogens (tertiary/aromatic N) is 1. The molecule has 0 radical (unpaired) electrons. The summed E-state index contributed by atoms with van der Waals surface area (Å²) in [7, 11) is 0. The molecule has 4 nitrogen and oxygen atoms in total. The van der Waals surface area contributed by atoms with E-state index in [1.54, 1.807) is 6.20 Å². The van der Waals surface area contributed by atoms with Crippen LogP contribution in [0.3, 0.4) is 0 Å². The first-order chi connectivity index (χ1) is 6.34. The largest absolute Gasteiger partial charge is 0.397 e. The lowest BCUT2D eigenvalue weighted by Gasteiger charge is -2.11. The highest BCUT2D eigenvalue weighted by molar-refractivity contribution is 5.44. The zero-order valence-electron chi connectivity index (χ0n) is 7.46. The first-order valence-electron chi connectivity index (χ1n) is 4.53. The average Bonchev–Trinajstić information content (AvgIpc) is 2.62. The monoisotopic (exact) mass is 178 g/mol. The van der Waals surface area contributed by atoms with Crippen molar-refractivity contribution in [3.8, 4) is 0 Å². The van der Waals surface area contributed by atoms with Crippen molar-refractivity contribution in [2.75, 3.05) is 24.1 Å². The Balaban J connectivity index is 1.97. The Morgan fingerprint density at radius 3 is 3.08 bits per heavy atom. The molecule has 0 amide bonds. The van der Waals surface area contributed by atoms with E-state index in [2.05, 4.69) is 15.6 Å². The van der Waals surface area contributed by atoms with Crippen molar-refractivity contribution in [3.63, 3.8) is 0 Å². The molecule has 1 atom stereocenters. The van der Waals surface area contributed by atoms with Gasteiger partial charge in [-0.25, -0.2) is 4.98 Å². The Labute approximate surface area is 77.5 Å². The summed E-state index contributed by atoms with van der Waals surface area (Å²) in [6, 6.07) is 4.28.